The molecule has 0 radical (unpaired) electrons. The number of aliphatic hydroxyl groups is 1. The van der Waals surface area contributed by atoms with Crippen molar-refractivity contribution < 1.29 is 9.90 Å². The minimum atomic E-state index is -0.180. The van der Waals surface area contributed by atoms with Crippen molar-refractivity contribution in [3.05, 3.63) is 12.3 Å². The summed E-state index contributed by atoms with van der Waals surface area (Å²) in [6.45, 7) is 4.77. The third-order valence-electron chi connectivity index (χ3n) is 5.42. The third-order valence-corrected chi connectivity index (χ3v) is 5.42. The van der Waals surface area contributed by atoms with Crippen molar-refractivity contribution >= 4 is 11.8 Å². The minimum Gasteiger partial charge on any atom is -0.391 e. The highest BCUT2D eigenvalue weighted by Crippen LogP contribution is 2.25. The van der Waals surface area contributed by atoms with Gasteiger partial charge in [-0.2, -0.15) is 5.10 Å². The van der Waals surface area contributed by atoms with E-state index in [2.05, 4.69) is 27.6 Å². The summed E-state index contributed by atoms with van der Waals surface area (Å²) in [4.78, 5) is 14.7. The summed E-state index contributed by atoms with van der Waals surface area (Å²) in [6, 6.07) is 2.17. The molecule has 1 aliphatic heterocycles. The molecule has 0 aromatic carbocycles. The van der Waals surface area contributed by atoms with Crippen LogP contribution in [0.25, 0.3) is 0 Å². The fourth-order valence-electron chi connectivity index (χ4n) is 4.06. The van der Waals surface area contributed by atoms with Gasteiger partial charge in [-0.1, -0.05) is 19.8 Å². The molecule has 1 aromatic rings. The number of hydrogen-bond donors (Lipinski definition) is 3. The van der Waals surface area contributed by atoms with E-state index in [0.29, 0.717) is 6.04 Å². The maximum atomic E-state index is 12.3. The van der Waals surface area contributed by atoms with Gasteiger partial charge in [-0.3, -0.25) is 10.2 Å². The number of likely N-dealkylation sites (tertiary alicyclic amines) is 1. The average molecular weight is 349 g/mol. The van der Waals surface area contributed by atoms with Crippen molar-refractivity contribution in [2.24, 2.45) is 0 Å². The molecule has 0 bridgehead atoms. The van der Waals surface area contributed by atoms with Crippen LogP contribution in [0.4, 0.5) is 10.6 Å². The van der Waals surface area contributed by atoms with Crippen LogP contribution in [-0.4, -0.2) is 57.1 Å². The van der Waals surface area contributed by atoms with Gasteiger partial charge in [-0.05, 0) is 32.1 Å². The number of aliphatic hydroxyl groups excluding tert-OH is 1. The minimum absolute atomic E-state index is 0.158. The molecular formula is C18H31N5O2. The smallest absolute Gasteiger partial charge is 0.320 e. The molecule has 140 valence electrons. The summed E-state index contributed by atoms with van der Waals surface area (Å²) in [5, 5.41) is 20.4. The Bertz CT molecular complexity index is 553. The molecule has 1 aromatic heterocycles. The van der Waals surface area contributed by atoms with Crippen molar-refractivity contribution in [2.45, 2.75) is 76.6 Å². The molecule has 3 N–H and O–H groups in total. The Hall–Kier alpha value is -1.60. The van der Waals surface area contributed by atoms with Gasteiger partial charge in [0, 0.05) is 37.8 Å². The summed E-state index contributed by atoms with van der Waals surface area (Å²) < 4.78 is 1.81. The highest BCUT2D eigenvalue weighted by Gasteiger charge is 2.31. The van der Waals surface area contributed by atoms with Crippen LogP contribution in [0.15, 0.2) is 12.3 Å². The van der Waals surface area contributed by atoms with Crippen LogP contribution >= 0.6 is 0 Å². The van der Waals surface area contributed by atoms with E-state index in [1.807, 2.05) is 10.7 Å². The number of urea groups is 1. The van der Waals surface area contributed by atoms with Crippen molar-refractivity contribution in [3.63, 3.8) is 0 Å². The van der Waals surface area contributed by atoms with Gasteiger partial charge < -0.3 is 10.4 Å². The molecule has 0 spiro atoms. The van der Waals surface area contributed by atoms with E-state index in [-0.39, 0.29) is 18.2 Å². The summed E-state index contributed by atoms with van der Waals surface area (Å²) in [7, 11) is 0. The van der Waals surface area contributed by atoms with Gasteiger partial charge in [0.05, 0.1) is 12.3 Å². The summed E-state index contributed by atoms with van der Waals surface area (Å²) >= 11 is 0. The number of nitrogens with one attached hydrogen (secondary N) is 2. The molecule has 2 heterocycles. The Morgan fingerprint density at radius 1 is 1.28 bits per heavy atom. The lowest BCUT2D eigenvalue weighted by Gasteiger charge is -2.41. The number of rotatable bonds is 5. The number of hydrogen-bond acceptors (Lipinski definition) is 4. The topological polar surface area (TPSA) is 82.4 Å². The standard InChI is InChI=1S/C18H31N5O2/c1-2-11-23-17(7-10-19-23)21-18(25)20-14-8-12-22(13-9-14)15-5-3-4-6-16(15)24/h7,10,14-16,24H,2-6,8-9,11-13H2,1H3,(H2,20,21,25). The molecule has 1 aliphatic carbocycles. The van der Waals surface area contributed by atoms with Gasteiger partial charge in [0.1, 0.15) is 5.82 Å². The number of carbonyl (C=O) groups excluding carboxylic acids is 1. The van der Waals surface area contributed by atoms with Crippen LogP contribution in [-0.2, 0) is 6.54 Å². The van der Waals surface area contributed by atoms with Crippen LogP contribution in [0.2, 0.25) is 0 Å². The SMILES string of the molecule is CCCn1nccc1NC(=O)NC1CCN(C2CCCCC2O)CC1. The number of amides is 2. The molecule has 3 rings (SSSR count). The number of carbonyl (C=O) groups is 1. The number of nitrogens with zero attached hydrogens (tertiary/aromatic N) is 3. The van der Waals surface area contributed by atoms with E-state index in [1.165, 1.54) is 6.42 Å². The maximum Gasteiger partial charge on any atom is 0.320 e. The largest absolute Gasteiger partial charge is 0.391 e. The van der Waals surface area contributed by atoms with E-state index in [0.717, 1.165) is 64.0 Å². The second-order valence-electron chi connectivity index (χ2n) is 7.27. The lowest BCUT2D eigenvalue weighted by molar-refractivity contribution is 0.00785. The zero-order valence-corrected chi connectivity index (χ0v) is 15.2. The quantitative estimate of drug-likeness (QED) is 0.761. The van der Waals surface area contributed by atoms with E-state index in [1.54, 1.807) is 6.20 Å². The van der Waals surface area contributed by atoms with Crippen LogP contribution in [0.3, 0.4) is 0 Å². The Labute approximate surface area is 149 Å². The van der Waals surface area contributed by atoms with Gasteiger partial charge in [-0.15, -0.1) is 0 Å². The zero-order valence-electron chi connectivity index (χ0n) is 15.2. The molecule has 7 heteroatoms. The van der Waals surface area contributed by atoms with E-state index in [9.17, 15) is 9.90 Å². The van der Waals surface area contributed by atoms with Crippen molar-refractivity contribution in [1.29, 1.82) is 0 Å². The Balaban J connectivity index is 1.44. The third kappa shape index (κ3) is 4.73. The maximum absolute atomic E-state index is 12.3. The highest BCUT2D eigenvalue weighted by atomic mass is 16.3. The van der Waals surface area contributed by atoms with Crippen molar-refractivity contribution in [3.8, 4) is 0 Å². The lowest BCUT2D eigenvalue weighted by atomic mass is 9.89. The number of aryl methyl sites for hydroxylation is 1. The average Bonchev–Trinajstić information content (AvgIpc) is 3.03. The lowest BCUT2D eigenvalue weighted by Crippen LogP contribution is -2.52. The van der Waals surface area contributed by atoms with Crippen LogP contribution < -0.4 is 10.6 Å². The van der Waals surface area contributed by atoms with E-state index < -0.39 is 0 Å². The van der Waals surface area contributed by atoms with Crippen LogP contribution in [0.1, 0.15) is 51.9 Å². The number of anilines is 1. The fraction of sp³-hybridized carbons (Fsp3) is 0.778. The molecule has 2 unspecified atom stereocenters. The van der Waals surface area contributed by atoms with E-state index >= 15 is 0 Å². The van der Waals surface area contributed by atoms with E-state index in [4.69, 9.17) is 0 Å². The first kappa shape index (κ1) is 18.2. The molecular weight excluding hydrogens is 318 g/mol. The summed E-state index contributed by atoms with van der Waals surface area (Å²) in [6.07, 6.45) is 8.76. The molecule has 1 saturated heterocycles. The normalized spacial score (nSPS) is 25.7. The molecule has 2 fully saturated rings. The Kier molecular flexibility index (Phi) is 6.31. The first-order chi connectivity index (χ1) is 12.2. The monoisotopic (exact) mass is 349 g/mol. The van der Waals surface area contributed by atoms with Gasteiger partial charge in [0.15, 0.2) is 0 Å². The number of aromatic nitrogens is 2. The van der Waals surface area contributed by atoms with Crippen molar-refractivity contribution in [1.82, 2.24) is 20.0 Å². The first-order valence-electron chi connectivity index (χ1n) is 9.69. The predicted octanol–water partition coefficient (Wildman–Crippen LogP) is 2.18. The molecule has 2 amide bonds. The first-order valence-corrected chi connectivity index (χ1v) is 9.69. The molecule has 25 heavy (non-hydrogen) atoms. The molecule has 2 aliphatic rings. The second-order valence-corrected chi connectivity index (χ2v) is 7.27. The predicted molar refractivity (Wildman–Crippen MR) is 97.5 cm³/mol. The Morgan fingerprint density at radius 2 is 2.04 bits per heavy atom. The molecule has 2 atom stereocenters. The Morgan fingerprint density at radius 3 is 2.76 bits per heavy atom. The fourth-order valence-corrected chi connectivity index (χ4v) is 4.06. The summed E-state index contributed by atoms with van der Waals surface area (Å²) in [5.41, 5.74) is 0. The van der Waals surface area contributed by atoms with Crippen molar-refractivity contribution in [2.75, 3.05) is 18.4 Å². The van der Waals surface area contributed by atoms with Gasteiger partial charge in [0.25, 0.3) is 0 Å². The molecule has 1 saturated carbocycles. The highest BCUT2D eigenvalue weighted by molar-refractivity contribution is 5.88. The zero-order chi connectivity index (χ0) is 17.6. The summed E-state index contributed by atoms with van der Waals surface area (Å²) in [5.74, 6) is 0.738. The second kappa shape index (κ2) is 8.67. The van der Waals surface area contributed by atoms with Gasteiger partial charge in [0.2, 0.25) is 0 Å². The number of piperidine rings is 1. The van der Waals surface area contributed by atoms with Crippen LogP contribution in [0, 0.1) is 0 Å². The molecule has 7 nitrogen and oxygen atoms in total. The van der Waals surface area contributed by atoms with Gasteiger partial charge >= 0.3 is 6.03 Å². The van der Waals surface area contributed by atoms with Gasteiger partial charge in [-0.25, -0.2) is 9.48 Å². The van der Waals surface area contributed by atoms with Crippen LogP contribution in [0.5, 0.6) is 0 Å².